The molecule has 0 amide bonds. The molecule has 1 N–H and O–H groups in total. The van der Waals surface area contributed by atoms with Crippen molar-refractivity contribution < 1.29 is 4.74 Å². The van der Waals surface area contributed by atoms with Crippen LogP contribution in [0.25, 0.3) is 0 Å². The van der Waals surface area contributed by atoms with Gasteiger partial charge in [0.15, 0.2) is 0 Å². The third-order valence-electron chi connectivity index (χ3n) is 1.82. The largest absolute Gasteiger partial charge is 0.492 e. The molecule has 0 aromatic heterocycles. The molecule has 1 aliphatic rings. The van der Waals surface area contributed by atoms with E-state index < -0.39 is 0 Å². The number of rotatable bonds is 0. The summed E-state index contributed by atoms with van der Waals surface area (Å²) >= 11 is 0. The molecule has 0 aliphatic carbocycles. The molecule has 0 bridgehead atoms. The van der Waals surface area contributed by atoms with Crippen molar-refractivity contribution in [3.8, 4) is 5.75 Å². The molecule has 1 heterocycles. The minimum Gasteiger partial charge on any atom is -0.492 e. The number of nitrogens with one attached hydrogen (secondary N) is 1. The van der Waals surface area contributed by atoms with Crippen molar-refractivity contribution >= 4 is 5.71 Å². The number of hydrogen-bond donors (Lipinski definition) is 1. The molecule has 0 unspecified atom stereocenters. The van der Waals surface area contributed by atoms with Crippen LogP contribution in [0.4, 0.5) is 0 Å². The van der Waals surface area contributed by atoms with Crippen LogP contribution in [0.5, 0.6) is 5.75 Å². The molecule has 2 rings (SSSR count). The van der Waals surface area contributed by atoms with Crippen molar-refractivity contribution in [1.29, 1.82) is 5.41 Å². The molecular weight excluding hydrogens is 138 g/mol. The number of hydrogen-bond acceptors (Lipinski definition) is 2. The topological polar surface area (TPSA) is 33.1 Å². The summed E-state index contributed by atoms with van der Waals surface area (Å²) in [4.78, 5) is 0. The van der Waals surface area contributed by atoms with E-state index in [1.807, 2.05) is 24.3 Å². The van der Waals surface area contributed by atoms with Crippen LogP contribution in [-0.2, 0) is 0 Å². The quantitative estimate of drug-likeness (QED) is 0.596. The van der Waals surface area contributed by atoms with Crippen LogP contribution in [0, 0.1) is 5.41 Å². The normalized spacial score (nSPS) is 15.5. The SMILES string of the molecule is N=C1CCOc2ccccc21. The van der Waals surface area contributed by atoms with Gasteiger partial charge in [0.2, 0.25) is 0 Å². The molecule has 2 heteroatoms. The van der Waals surface area contributed by atoms with Crippen LogP contribution < -0.4 is 4.74 Å². The molecule has 0 atom stereocenters. The van der Waals surface area contributed by atoms with Crippen molar-refractivity contribution in [2.24, 2.45) is 0 Å². The lowest BCUT2D eigenvalue weighted by Gasteiger charge is -2.16. The summed E-state index contributed by atoms with van der Waals surface area (Å²) in [6.07, 6.45) is 0.733. The van der Waals surface area contributed by atoms with Crippen LogP contribution in [-0.4, -0.2) is 12.3 Å². The summed E-state index contributed by atoms with van der Waals surface area (Å²) in [5.74, 6) is 0.851. The van der Waals surface area contributed by atoms with E-state index in [1.165, 1.54) is 0 Å². The molecular formula is C9H9NO. The fraction of sp³-hybridized carbons (Fsp3) is 0.222. The highest BCUT2D eigenvalue weighted by Gasteiger charge is 2.13. The Labute approximate surface area is 65.3 Å². The highest BCUT2D eigenvalue weighted by molar-refractivity contribution is 6.01. The first-order chi connectivity index (χ1) is 5.38. The molecule has 11 heavy (non-hydrogen) atoms. The second kappa shape index (κ2) is 2.38. The molecule has 56 valence electrons. The van der Waals surface area contributed by atoms with Gasteiger partial charge >= 0.3 is 0 Å². The maximum absolute atomic E-state index is 7.59. The average molecular weight is 147 g/mol. The summed E-state index contributed by atoms with van der Waals surface area (Å²) in [6, 6.07) is 7.69. The maximum Gasteiger partial charge on any atom is 0.128 e. The molecule has 2 nitrogen and oxygen atoms in total. The van der Waals surface area contributed by atoms with Gasteiger partial charge < -0.3 is 10.1 Å². The lowest BCUT2D eigenvalue weighted by molar-refractivity contribution is 0.320. The van der Waals surface area contributed by atoms with E-state index in [0.29, 0.717) is 12.3 Å². The van der Waals surface area contributed by atoms with Gasteiger partial charge in [0.05, 0.1) is 6.61 Å². The summed E-state index contributed by atoms with van der Waals surface area (Å²) in [5, 5.41) is 7.59. The fourth-order valence-corrected chi connectivity index (χ4v) is 1.24. The summed E-state index contributed by atoms with van der Waals surface area (Å²) < 4.78 is 5.35. The Morgan fingerprint density at radius 3 is 2.91 bits per heavy atom. The first kappa shape index (κ1) is 6.40. The standard InChI is InChI=1S/C9H9NO/c10-8-5-6-11-9-4-2-1-3-7(8)9/h1-4,10H,5-6H2. The third-order valence-corrected chi connectivity index (χ3v) is 1.82. The van der Waals surface area contributed by atoms with Crippen molar-refractivity contribution in [2.45, 2.75) is 6.42 Å². The monoisotopic (exact) mass is 147 g/mol. The minimum absolute atomic E-state index is 0.649. The van der Waals surface area contributed by atoms with Crippen molar-refractivity contribution in [3.63, 3.8) is 0 Å². The van der Waals surface area contributed by atoms with Gasteiger partial charge in [0.1, 0.15) is 5.75 Å². The Bertz CT molecular complexity index is 293. The van der Waals surface area contributed by atoms with Gasteiger partial charge in [-0.3, -0.25) is 0 Å². The molecule has 1 aromatic rings. The number of para-hydroxylation sites is 1. The van der Waals surface area contributed by atoms with Crippen molar-refractivity contribution in [3.05, 3.63) is 29.8 Å². The predicted molar refractivity (Wildman–Crippen MR) is 43.4 cm³/mol. The Morgan fingerprint density at radius 2 is 2.09 bits per heavy atom. The zero-order chi connectivity index (χ0) is 7.68. The molecule has 1 aliphatic heterocycles. The summed E-state index contributed by atoms with van der Waals surface area (Å²) in [7, 11) is 0. The maximum atomic E-state index is 7.59. The van der Waals surface area contributed by atoms with Crippen LogP contribution >= 0.6 is 0 Å². The molecule has 0 spiro atoms. The second-order valence-corrected chi connectivity index (χ2v) is 2.57. The molecule has 1 aromatic carbocycles. The molecule has 0 fully saturated rings. The number of benzene rings is 1. The van der Waals surface area contributed by atoms with Crippen LogP contribution in [0.3, 0.4) is 0 Å². The second-order valence-electron chi connectivity index (χ2n) is 2.57. The van der Waals surface area contributed by atoms with Gasteiger partial charge in [-0.15, -0.1) is 0 Å². The molecule has 0 radical (unpaired) electrons. The van der Waals surface area contributed by atoms with Crippen LogP contribution in [0.1, 0.15) is 12.0 Å². The van der Waals surface area contributed by atoms with Crippen LogP contribution in [0.15, 0.2) is 24.3 Å². The highest BCUT2D eigenvalue weighted by atomic mass is 16.5. The fourth-order valence-electron chi connectivity index (χ4n) is 1.24. The van der Waals surface area contributed by atoms with Gasteiger partial charge in [-0.1, -0.05) is 12.1 Å². The van der Waals surface area contributed by atoms with E-state index in [-0.39, 0.29) is 0 Å². The molecule has 0 saturated heterocycles. The van der Waals surface area contributed by atoms with Gasteiger partial charge in [-0.05, 0) is 12.1 Å². The van der Waals surface area contributed by atoms with E-state index in [2.05, 4.69) is 0 Å². The van der Waals surface area contributed by atoms with Crippen LogP contribution in [0.2, 0.25) is 0 Å². The highest BCUT2D eigenvalue weighted by Crippen LogP contribution is 2.23. The Balaban J connectivity index is 2.52. The first-order valence-electron chi connectivity index (χ1n) is 3.67. The third kappa shape index (κ3) is 1.00. The smallest absolute Gasteiger partial charge is 0.128 e. The van der Waals surface area contributed by atoms with E-state index >= 15 is 0 Å². The van der Waals surface area contributed by atoms with Gasteiger partial charge in [0.25, 0.3) is 0 Å². The zero-order valence-corrected chi connectivity index (χ0v) is 6.13. The van der Waals surface area contributed by atoms with E-state index in [9.17, 15) is 0 Å². The first-order valence-corrected chi connectivity index (χ1v) is 3.67. The van der Waals surface area contributed by atoms with Crippen molar-refractivity contribution in [1.82, 2.24) is 0 Å². The number of fused-ring (bicyclic) bond motifs is 1. The van der Waals surface area contributed by atoms with Gasteiger partial charge in [-0.25, -0.2) is 0 Å². The Hall–Kier alpha value is -1.31. The number of ether oxygens (including phenoxy) is 1. The molecule has 0 saturated carbocycles. The van der Waals surface area contributed by atoms with Gasteiger partial charge in [-0.2, -0.15) is 0 Å². The zero-order valence-electron chi connectivity index (χ0n) is 6.13. The Morgan fingerprint density at radius 1 is 1.27 bits per heavy atom. The minimum atomic E-state index is 0.649. The summed E-state index contributed by atoms with van der Waals surface area (Å²) in [5.41, 5.74) is 1.63. The Kier molecular flexibility index (Phi) is 1.39. The van der Waals surface area contributed by atoms with Crippen molar-refractivity contribution in [2.75, 3.05) is 6.61 Å². The predicted octanol–water partition coefficient (Wildman–Crippen LogP) is 1.84. The average Bonchev–Trinajstić information content (AvgIpc) is 2.06. The van der Waals surface area contributed by atoms with Gasteiger partial charge in [0, 0.05) is 17.7 Å². The van der Waals surface area contributed by atoms with E-state index in [1.54, 1.807) is 0 Å². The van der Waals surface area contributed by atoms with E-state index in [0.717, 1.165) is 17.7 Å². The van der Waals surface area contributed by atoms with E-state index in [4.69, 9.17) is 10.1 Å². The lowest BCUT2D eigenvalue weighted by atomic mass is 10.0. The summed E-state index contributed by atoms with van der Waals surface area (Å²) in [6.45, 7) is 0.649. The lowest BCUT2D eigenvalue weighted by Crippen LogP contribution is -2.14.